The summed E-state index contributed by atoms with van der Waals surface area (Å²) in [5, 5.41) is 23.1. The molecule has 0 aliphatic carbocycles. The fourth-order valence-electron chi connectivity index (χ4n) is 4.30. The van der Waals surface area contributed by atoms with Gasteiger partial charge in [-0.15, -0.1) is 0 Å². The van der Waals surface area contributed by atoms with Gasteiger partial charge in [0.05, 0.1) is 0 Å². The van der Waals surface area contributed by atoms with Gasteiger partial charge in [0, 0.05) is 38.0 Å². The number of benzene rings is 2. The maximum absolute atomic E-state index is 12.4. The van der Waals surface area contributed by atoms with Crippen molar-refractivity contribution in [1.82, 2.24) is 5.32 Å². The van der Waals surface area contributed by atoms with Crippen LogP contribution in [0, 0.1) is 0 Å². The van der Waals surface area contributed by atoms with E-state index in [0.717, 1.165) is 40.8 Å². The number of fused-ring (bicyclic) bond motifs is 2. The zero-order chi connectivity index (χ0) is 23.8. The Kier molecular flexibility index (Phi) is 8.28. The molecule has 1 amide bonds. The van der Waals surface area contributed by atoms with Crippen LogP contribution in [0.15, 0.2) is 55.1 Å². The molecule has 0 bridgehead atoms. The molecule has 6 heteroatoms. The molecule has 1 atom stereocenters. The third kappa shape index (κ3) is 6.68. The van der Waals surface area contributed by atoms with E-state index in [0.29, 0.717) is 25.9 Å². The molecule has 1 aliphatic rings. The van der Waals surface area contributed by atoms with E-state index in [1.54, 1.807) is 6.92 Å². The number of hydrogen-bond acceptors (Lipinski definition) is 4. The number of nitrogens with zero attached hydrogens (tertiary/aromatic N) is 1. The van der Waals surface area contributed by atoms with Gasteiger partial charge in [0.1, 0.15) is 5.72 Å². The molecule has 1 heterocycles. The molecule has 0 saturated heterocycles. The number of aliphatic carboxylic acids is 1. The molecule has 0 spiro atoms. The summed E-state index contributed by atoms with van der Waals surface area (Å²) in [7, 11) is 0. The van der Waals surface area contributed by atoms with Crippen molar-refractivity contribution in [2.45, 2.75) is 64.1 Å². The Hall–Kier alpha value is -3.12. The molecule has 1 unspecified atom stereocenters. The molecule has 33 heavy (non-hydrogen) atoms. The molecular formula is C27H34N2O4. The first-order valence-electron chi connectivity index (χ1n) is 11.6. The lowest BCUT2D eigenvalue weighted by Crippen LogP contribution is -2.47. The zero-order valence-electron chi connectivity index (χ0n) is 19.3. The molecule has 2 aromatic rings. The van der Waals surface area contributed by atoms with E-state index < -0.39 is 11.7 Å². The molecule has 0 aromatic heterocycles. The average molecular weight is 451 g/mol. The molecule has 176 valence electrons. The highest BCUT2D eigenvalue weighted by atomic mass is 16.4. The summed E-state index contributed by atoms with van der Waals surface area (Å²) in [5.74, 6) is -0.969. The van der Waals surface area contributed by atoms with Crippen LogP contribution in [0.4, 0.5) is 5.69 Å². The van der Waals surface area contributed by atoms with Gasteiger partial charge in [0.2, 0.25) is 5.91 Å². The summed E-state index contributed by atoms with van der Waals surface area (Å²) >= 11 is 0. The minimum Gasteiger partial charge on any atom is -0.481 e. The number of rotatable bonds is 9. The number of allylic oxidation sites excluding steroid dienone is 1. The van der Waals surface area contributed by atoms with Crippen molar-refractivity contribution in [1.29, 1.82) is 0 Å². The lowest BCUT2D eigenvalue weighted by atomic mass is 9.96. The van der Waals surface area contributed by atoms with Crippen LogP contribution in [-0.4, -0.2) is 34.4 Å². The Labute approximate surface area is 195 Å². The summed E-state index contributed by atoms with van der Waals surface area (Å²) in [6.07, 6.45) is 3.37. The lowest BCUT2D eigenvalue weighted by Gasteiger charge is -2.40. The molecule has 6 nitrogen and oxygen atoms in total. The number of aliphatic hydroxyl groups is 1. The molecular weight excluding hydrogens is 416 g/mol. The number of carbonyl (C=O) groups is 2. The summed E-state index contributed by atoms with van der Waals surface area (Å²) in [6, 6.07) is 16.3. The lowest BCUT2D eigenvalue weighted by molar-refractivity contribution is -0.137. The van der Waals surface area contributed by atoms with Crippen LogP contribution < -0.4 is 10.2 Å². The van der Waals surface area contributed by atoms with Gasteiger partial charge in [-0.05, 0) is 60.9 Å². The van der Waals surface area contributed by atoms with Gasteiger partial charge < -0.3 is 20.4 Å². The highest BCUT2D eigenvalue weighted by Gasteiger charge is 2.32. The number of amides is 1. The van der Waals surface area contributed by atoms with E-state index in [4.69, 9.17) is 5.11 Å². The SMILES string of the molecule is C=C1CCc2ccccc2N(C(C)(O)CCC(=O)NCCCCC(=O)O)Cc2ccccc21. The standard InChI is InChI=1S/C27H34N2O4/c1-20-14-15-21-9-4-6-12-24(21)29(19-22-10-3-5-11-23(20)22)27(2,33)17-16-25(30)28-18-8-7-13-26(31)32/h3-6,9-12,33H,1,7-8,13-19H2,2H3,(H,28,30)(H,31,32). The zero-order valence-corrected chi connectivity index (χ0v) is 19.3. The Bertz CT molecular complexity index is 999. The molecule has 3 N–H and O–H groups in total. The summed E-state index contributed by atoms with van der Waals surface area (Å²) < 4.78 is 0. The fourth-order valence-corrected chi connectivity index (χ4v) is 4.30. The summed E-state index contributed by atoms with van der Waals surface area (Å²) in [6.45, 7) is 7.02. The van der Waals surface area contributed by atoms with Crippen molar-refractivity contribution < 1.29 is 19.8 Å². The van der Waals surface area contributed by atoms with Crippen LogP contribution >= 0.6 is 0 Å². The van der Waals surface area contributed by atoms with Crippen LogP contribution in [0.3, 0.4) is 0 Å². The smallest absolute Gasteiger partial charge is 0.303 e. The number of para-hydroxylation sites is 1. The fraction of sp³-hybridized carbons (Fsp3) is 0.407. The van der Waals surface area contributed by atoms with Gasteiger partial charge >= 0.3 is 5.97 Å². The van der Waals surface area contributed by atoms with Crippen molar-refractivity contribution in [3.05, 3.63) is 71.8 Å². The number of hydrogen-bond donors (Lipinski definition) is 3. The Morgan fingerprint density at radius 3 is 2.48 bits per heavy atom. The predicted molar refractivity (Wildman–Crippen MR) is 131 cm³/mol. The minimum atomic E-state index is -1.24. The van der Waals surface area contributed by atoms with E-state index in [2.05, 4.69) is 30.1 Å². The first kappa shape index (κ1) is 24.5. The van der Waals surface area contributed by atoms with Gasteiger partial charge in [0.25, 0.3) is 0 Å². The molecule has 1 aliphatic heterocycles. The van der Waals surface area contributed by atoms with E-state index in [-0.39, 0.29) is 25.2 Å². The van der Waals surface area contributed by atoms with E-state index >= 15 is 0 Å². The first-order chi connectivity index (χ1) is 15.8. The van der Waals surface area contributed by atoms with Crippen molar-refractivity contribution in [2.75, 3.05) is 11.4 Å². The molecule has 0 radical (unpaired) electrons. The normalized spacial score (nSPS) is 15.3. The Balaban J connectivity index is 1.74. The topological polar surface area (TPSA) is 89.9 Å². The largest absolute Gasteiger partial charge is 0.481 e. The second-order valence-corrected chi connectivity index (χ2v) is 8.89. The third-order valence-corrected chi connectivity index (χ3v) is 6.25. The highest BCUT2D eigenvalue weighted by molar-refractivity contribution is 5.76. The third-order valence-electron chi connectivity index (χ3n) is 6.25. The molecule has 0 saturated carbocycles. The van der Waals surface area contributed by atoms with Crippen LogP contribution in [-0.2, 0) is 22.6 Å². The van der Waals surface area contributed by atoms with Crippen LogP contribution in [0.25, 0.3) is 5.57 Å². The van der Waals surface area contributed by atoms with E-state index in [9.17, 15) is 14.7 Å². The van der Waals surface area contributed by atoms with Gasteiger partial charge in [-0.25, -0.2) is 0 Å². The van der Waals surface area contributed by atoms with Gasteiger partial charge in [0.15, 0.2) is 0 Å². The summed E-state index contributed by atoms with van der Waals surface area (Å²) in [4.78, 5) is 25.0. The van der Waals surface area contributed by atoms with Crippen molar-refractivity contribution in [2.24, 2.45) is 0 Å². The number of carboxylic acids is 1. The molecule has 2 aromatic carbocycles. The number of anilines is 1. The number of aryl methyl sites for hydroxylation is 1. The Morgan fingerprint density at radius 2 is 1.73 bits per heavy atom. The predicted octanol–water partition coefficient (Wildman–Crippen LogP) is 4.51. The summed E-state index contributed by atoms with van der Waals surface area (Å²) in [5.41, 5.74) is 4.18. The number of unbranched alkanes of at least 4 members (excludes halogenated alkanes) is 1. The second kappa shape index (κ2) is 11.1. The van der Waals surface area contributed by atoms with Crippen LogP contribution in [0.1, 0.15) is 62.1 Å². The number of carbonyl (C=O) groups excluding carboxylic acids is 1. The van der Waals surface area contributed by atoms with Gasteiger partial charge in [-0.1, -0.05) is 49.0 Å². The van der Waals surface area contributed by atoms with Crippen molar-refractivity contribution in [3.63, 3.8) is 0 Å². The number of nitrogens with one attached hydrogen (secondary N) is 1. The van der Waals surface area contributed by atoms with E-state index in [1.807, 2.05) is 35.2 Å². The maximum Gasteiger partial charge on any atom is 0.303 e. The maximum atomic E-state index is 12.4. The quantitative estimate of drug-likeness (QED) is 0.489. The van der Waals surface area contributed by atoms with Crippen molar-refractivity contribution in [3.8, 4) is 0 Å². The van der Waals surface area contributed by atoms with Crippen LogP contribution in [0.2, 0.25) is 0 Å². The van der Waals surface area contributed by atoms with E-state index in [1.165, 1.54) is 0 Å². The van der Waals surface area contributed by atoms with Gasteiger partial charge in [-0.2, -0.15) is 0 Å². The number of carboxylic acid groups (broad SMARTS) is 1. The first-order valence-corrected chi connectivity index (χ1v) is 11.6. The minimum absolute atomic E-state index is 0.104. The van der Waals surface area contributed by atoms with Crippen molar-refractivity contribution >= 4 is 23.1 Å². The monoisotopic (exact) mass is 450 g/mol. The highest BCUT2D eigenvalue weighted by Crippen LogP contribution is 2.36. The second-order valence-electron chi connectivity index (χ2n) is 8.89. The van der Waals surface area contributed by atoms with Crippen LogP contribution in [0.5, 0.6) is 0 Å². The van der Waals surface area contributed by atoms with Gasteiger partial charge in [-0.3, -0.25) is 9.59 Å². The molecule has 0 fully saturated rings. The Morgan fingerprint density at radius 1 is 1.03 bits per heavy atom. The molecule has 3 rings (SSSR count). The average Bonchev–Trinajstić information content (AvgIpc) is 2.85.